The zero-order valence-corrected chi connectivity index (χ0v) is 13.2. The van der Waals surface area contributed by atoms with Crippen molar-refractivity contribution in [1.82, 2.24) is 9.88 Å². The fraction of sp³-hybridized carbons (Fsp3) is 0.625. The van der Waals surface area contributed by atoms with Gasteiger partial charge in [-0.3, -0.25) is 4.98 Å². The lowest BCUT2D eigenvalue weighted by molar-refractivity contribution is -0.0385. The maximum absolute atomic E-state index is 12.0. The Hall–Kier alpha value is -1.62. The molecule has 0 aromatic carbocycles. The van der Waals surface area contributed by atoms with E-state index in [9.17, 15) is 9.90 Å². The molecule has 2 heterocycles. The van der Waals surface area contributed by atoms with Crippen molar-refractivity contribution in [3.63, 3.8) is 0 Å². The van der Waals surface area contributed by atoms with Gasteiger partial charge < -0.3 is 14.7 Å². The van der Waals surface area contributed by atoms with Gasteiger partial charge in [0.05, 0.1) is 5.69 Å². The van der Waals surface area contributed by atoms with Gasteiger partial charge in [0.25, 0.3) is 0 Å². The molecule has 1 aromatic rings. The smallest absolute Gasteiger partial charge is 0.410 e. The lowest BCUT2D eigenvalue weighted by Gasteiger charge is -2.38. The molecule has 1 aliphatic heterocycles. The van der Waals surface area contributed by atoms with Gasteiger partial charge in [0.2, 0.25) is 0 Å². The highest BCUT2D eigenvalue weighted by Crippen LogP contribution is 2.33. The molecule has 0 atom stereocenters. The number of carbonyl (C=O) groups excluding carboxylic acids is 1. The number of pyridine rings is 1. The highest BCUT2D eigenvalue weighted by Gasteiger charge is 2.38. The minimum atomic E-state index is -0.955. The number of rotatable bonds is 1. The molecule has 1 aliphatic rings. The first kappa shape index (κ1) is 15.8. The zero-order chi connectivity index (χ0) is 15.7. The quantitative estimate of drug-likeness (QED) is 0.864. The molecule has 0 aliphatic carbocycles. The molecular weight excluding hydrogens is 268 g/mol. The Kier molecular flexibility index (Phi) is 4.23. The second kappa shape index (κ2) is 5.64. The van der Waals surface area contributed by atoms with Gasteiger partial charge in [0, 0.05) is 19.3 Å². The van der Waals surface area contributed by atoms with Gasteiger partial charge >= 0.3 is 6.09 Å². The summed E-state index contributed by atoms with van der Waals surface area (Å²) >= 11 is 0. The van der Waals surface area contributed by atoms with Gasteiger partial charge in [-0.25, -0.2) is 4.79 Å². The summed E-state index contributed by atoms with van der Waals surface area (Å²) in [5.41, 5.74) is 0.242. The minimum Gasteiger partial charge on any atom is -0.444 e. The van der Waals surface area contributed by atoms with Crippen LogP contribution in [0.5, 0.6) is 0 Å². The summed E-state index contributed by atoms with van der Waals surface area (Å²) in [5, 5.41) is 10.8. The minimum absolute atomic E-state index is 0.317. The SMILES string of the molecule is Cc1cccnc1C1(O)CCN(C(=O)OC(C)(C)C)CC1. The predicted octanol–water partition coefficient (Wildman–Crippen LogP) is 2.61. The molecule has 5 heteroatoms. The Morgan fingerprint density at radius 1 is 1.38 bits per heavy atom. The monoisotopic (exact) mass is 292 g/mol. The van der Waals surface area contributed by atoms with Crippen molar-refractivity contribution in [3.8, 4) is 0 Å². The van der Waals surface area contributed by atoms with Gasteiger partial charge in [-0.05, 0) is 52.2 Å². The number of ether oxygens (including phenoxy) is 1. The van der Waals surface area contributed by atoms with Crippen molar-refractivity contribution in [2.45, 2.75) is 51.7 Å². The Balaban J connectivity index is 2.03. The van der Waals surface area contributed by atoms with E-state index in [1.807, 2.05) is 39.8 Å². The molecule has 1 aromatic heterocycles. The normalized spacial score (nSPS) is 18.4. The van der Waals surface area contributed by atoms with Crippen LogP contribution in [0.1, 0.15) is 44.9 Å². The number of hydrogen-bond acceptors (Lipinski definition) is 4. The molecule has 0 saturated carbocycles. The van der Waals surface area contributed by atoms with Crippen LogP contribution in [0.2, 0.25) is 0 Å². The summed E-state index contributed by atoms with van der Waals surface area (Å²) < 4.78 is 5.36. The summed E-state index contributed by atoms with van der Waals surface area (Å²) in [6, 6.07) is 3.80. The van der Waals surface area contributed by atoms with E-state index < -0.39 is 11.2 Å². The molecular formula is C16H24N2O3. The lowest BCUT2D eigenvalue weighted by atomic mass is 9.86. The van der Waals surface area contributed by atoms with Crippen molar-refractivity contribution in [2.75, 3.05) is 13.1 Å². The van der Waals surface area contributed by atoms with E-state index >= 15 is 0 Å². The largest absolute Gasteiger partial charge is 0.444 e. The third-order valence-electron chi connectivity index (χ3n) is 3.69. The predicted molar refractivity (Wildman–Crippen MR) is 79.9 cm³/mol. The van der Waals surface area contributed by atoms with Crippen LogP contribution < -0.4 is 0 Å². The molecule has 0 spiro atoms. The number of carbonyl (C=O) groups is 1. The van der Waals surface area contributed by atoms with Gasteiger partial charge in [-0.1, -0.05) is 6.07 Å². The fourth-order valence-electron chi connectivity index (χ4n) is 2.60. The topological polar surface area (TPSA) is 62.7 Å². The Labute approximate surface area is 125 Å². The number of aromatic nitrogens is 1. The Morgan fingerprint density at radius 2 is 2.00 bits per heavy atom. The summed E-state index contributed by atoms with van der Waals surface area (Å²) in [6.45, 7) is 8.44. The van der Waals surface area contributed by atoms with Crippen molar-refractivity contribution in [3.05, 3.63) is 29.6 Å². The van der Waals surface area contributed by atoms with E-state index in [4.69, 9.17) is 4.74 Å². The third-order valence-corrected chi connectivity index (χ3v) is 3.69. The second-order valence-electron chi connectivity index (χ2n) is 6.67. The molecule has 5 nitrogen and oxygen atoms in total. The lowest BCUT2D eigenvalue weighted by Crippen LogP contribution is -2.47. The van der Waals surface area contributed by atoms with Crippen LogP contribution in [0.4, 0.5) is 4.79 Å². The van der Waals surface area contributed by atoms with Crippen LogP contribution >= 0.6 is 0 Å². The average Bonchev–Trinajstić information content (AvgIpc) is 2.37. The number of likely N-dealkylation sites (tertiary alicyclic amines) is 1. The van der Waals surface area contributed by atoms with E-state index in [1.54, 1.807) is 11.1 Å². The average molecular weight is 292 g/mol. The van der Waals surface area contributed by atoms with Crippen molar-refractivity contribution in [2.24, 2.45) is 0 Å². The number of aryl methyl sites for hydroxylation is 1. The number of piperidine rings is 1. The van der Waals surface area contributed by atoms with Crippen LogP contribution in [0.3, 0.4) is 0 Å². The van der Waals surface area contributed by atoms with Crippen LogP contribution in [-0.2, 0) is 10.3 Å². The maximum Gasteiger partial charge on any atom is 0.410 e. The van der Waals surface area contributed by atoms with Crippen LogP contribution in [0, 0.1) is 6.92 Å². The van der Waals surface area contributed by atoms with E-state index in [0.29, 0.717) is 31.6 Å². The Bertz CT molecular complexity index is 514. The van der Waals surface area contributed by atoms with Crippen molar-refractivity contribution >= 4 is 6.09 Å². The summed E-state index contributed by atoms with van der Waals surface area (Å²) in [4.78, 5) is 18.0. The first-order valence-electron chi connectivity index (χ1n) is 7.34. The van der Waals surface area contributed by atoms with E-state index in [2.05, 4.69) is 4.98 Å². The molecule has 21 heavy (non-hydrogen) atoms. The summed E-state index contributed by atoms with van der Waals surface area (Å²) in [6.07, 6.45) is 2.33. The number of hydrogen-bond donors (Lipinski definition) is 1. The van der Waals surface area contributed by atoms with Gasteiger partial charge in [0.15, 0.2) is 0 Å². The molecule has 1 fully saturated rings. The number of aliphatic hydroxyl groups is 1. The van der Waals surface area contributed by atoms with Crippen LogP contribution in [0.25, 0.3) is 0 Å². The van der Waals surface area contributed by atoms with E-state index in [-0.39, 0.29) is 6.09 Å². The number of amides is 1. The summed E-state index contributed by atoms with van der Waals surface area (Å²) in [5.74, 6) is 0. The van der Waals surface area contributed by atoms with Crippen molar-refractivity contribution < 1.29 is 14.6 Å². The zero-order valence-electron chi connectivity index (χ0n) is 13.2. The highest BCUT2D eigenvalue weighted by atomic mass is 16.6. The van der Waals surface area contributed by atoms with Gasteiger partial charge in [0.1, 0.15) is 11.2 Å². The Morgan fingerprint density at radius 3 is 2.52 bits per heavy atom. The van der Waals surface area contributed by atoms with Crippen molar-refractivity contribution in [1.29, 1.82) is 0 Å². The molecule has 0 bridgehead atoms. The molecule has 2 rings (SSSR count). The first-order valence-corrected chi connectivity index (χ1v) is 7.34. The first-order chi connectivity index (χ1) is 9.71. The van der Waals surface area contributed by atoms with E-state index in [1.165, 1.54) is 0 Å². The number of nitrogens with zero attached hydrogens (tertiary/aromatic N) is 2. The van der Waals surface area contributed by atoms with Gasteiger partial charge in [-0.2, -0.15) is 0 Å². The highest BCUT2D eigenvalue weighted by molar-refractivity contribution is 5.68. The van der Waals surface area contributed by atoms with E-state index in [0.717, 1.165) is 5.56 Å². The second-order valence-corrected chi connectivity index (χ2v) is 6.67. The van der Waals surface area contributed by atoms with Crippen LogP contribution in [-0.4, -0.2) is 39.8 Å². The van der Waals surface area contributed by atoms with Crippen LogP contribution in [0.15, 0.2) is 18.3 Å². The molecule has 1 N–H and O–H groups in total. The fourth-order valence-corrected chi connectivity index (χ4v) is 2.60. The molecule has 0 radical (unpaired) electrons. The van der Waals surface area contributed by atoms with Gasteiger partial charge in [-0.15, -0.1) is 0 Å². The standard InChI is InChI=1S/C16H24N2O3/c1-12-6-5-9-17-13(12)16(20)7-10-18(11-8-16)14(19)21-15(2,3)4/h5-6,9,20H,7-8,10-11H2,1-4H3. The third kappa shape index (κ3) is 3.73. The molecule has 1 saturated heterocycles. The molecule has 116 valence electrons. The summed E-state index contributed by atoms with van der Waals surface area (Å²) in [7, 11) is 0. The molecule has 1 amide bonds. The maximum atomic E-state index is 12.0. The molecule has 0 unspecified atom stereocenters.